The topological polar surface area (TPSA) is 46.4 Å². The number of nitro benzene ring substituents is 1. The van der Waals surface area contributed by atoms with Crippen molar-refractivity contribution >= 4 is 23.0 Å². The Balaban J connectivity index is 3.15. The lowest BCUT2D eigenvalue weighted by Gasteiger charge is -2.27. The van der Waals surface area contributed by atoms with Crippen LogP contribution in [-0.4, -0.2) is 24.2 Å². The van der Waals surface area contributed by atoms with Crippen LogP contribution in [0.3, 0.4) is 0 Å². The molecule has 0 radical (unpaired) electrons. The number of rotatable bonds is 6. The predicted octanol–water partition coefficient (Wildman–Crippen LogP) is 4.11. The van der Waals surface area contributed by atoms with Crippen LogP contribution >= 0.6 is 11.6 Å². The van der Waals surface area contributed by atoms with E-state index in [1.54, 1.807) is 6.92 Å². The van der Waals surface area contributed by atoms with Gasteiger partial charge in [-0.25, -0.2) is 0 Å². The molecule has 0 heterocycles. The number of halogens is 4. The normalized spacial score (nSPS) is 11.4. The lowest BCUT2D eigenvalue weighted by Crippen LogP contribution is -2.35. The molecule has 0 atom stereocenters. The number of anilines is 1. The molecule has 0 aliphatic heterocycles. The molecule has 1 rings (SSSR count). The summed E-state index contributed by atoms with van der Waals surface area (Å²) in [7, 11) is 0. The molecule has 4 nitrogen and oxygen atoms in total. The first-order chi connectivity index (χ1) is 9.28. The van der Waals surface area contributed by atoms with Gasteiger partial charge in [0.1, 0.15) is 6.54 Å². The highest BCUT2D eigenvalue weighted by Gasteiger charge is 2.31. The Morgan fingerprint density at radius 3 is 2.50 bits per heavy atom. The first kappa shape index (κ1) is 16.6. The highest BCUT2D eigenvalue weighted by atomic mass is 35.5. The van der Waals surface area contributed by atoms with Crippen molar-refractivity contribution in [3.63, 3.8) is 0 Å². The van der Waals surface area contributed by atoms with E-state index in [2.05, 4.69) is 0 Å². The number of nitro groups is 1. The van der Waals surface area contributed by atoms with E-state index in [-0.39, 0.29) is 23.8 Å². The fourth-order valence-electron chi connectivity index (χ4n) is 1.87. The molecule has 0 saturated heterocycles. The molecule has 0 bridgehead atoms. The van der Waals surface area contributed by atoms with Crippen LogP contribution in [0.25, 0.3) is 0 Å². The largest absolute Gasteiger partial charge is 0.405 e. The highest BCUT2D eigenvalue weighted by Crippen LogP contribution is 2.29. The number of benzene rings is 1. The second-order valence-corrected chi connectivity index (χ2v) is 4.51. The van der Waals surface area contributed by atoms with Crippen LogP contribution in [0.4, 0.5) is 24.5 Å². The molecular formula is C12H14ClF3N2O2. The summed E-state index contributed by atoms with van der Waals surface area (Å²) in [6.45, 7) is 0.846. The average Bonchev–Trinajstić information content (AvgIpc) is 2.35. The van der Waals surface area contributed by atoms with Crippen molar-refractivity contribution in [2.45, 2.75) is 25.4 Å². The first-order valence-electron chi connectivity index (χ1n) is 5.93. The standard InChI is InChI=1S/C12H14ClF3N2O2/c1-2-5-17(8-12(14,15)16)11-4-3-10(18(19)20)6-9(11)7-13/h3-4,6H,2,5,7-8H2,1H3. The van der Waals surface area contributed by atoms with Gasteiger partial charge in [-0.3, -0.25) is 10.1 Å². The van der Waals surface area contributed by atoms with Crippen molar-refractivity contribution in [1.29, 1.82) is 0 Å². The van der Waals surface area contributed by atoms with Gasteiger partial charge in [0, 0.05) is 30.2 Å². The molecular weight excluding hydrogens is 297 g/mol. The molecule has 112 valence electrons. The van der Waals surface area contributed by atoms with Gasteiger partial charge in [0.05, 0.1) is 4.92 Å². The Bertz CT molecular complexity index is 480. The molecule has 0 spiro atoms. The number of non-ortho nitro benzene ring substituents is 1. The SMILES string of the molecule is CCCN(CC(F)(F)F)c1ccc([N+](=O)[O-])cc1CCl. The van der Waals surface area contributed by atoms with Gasteiger partial charge in [0.25, 0.3) is 5.69 Å². The number of hydrogen-bond donors (Lipinski definition) is 0. The minimum Gasteiger partial charge on any atom is -0.362 e. The smallest absolute Gasteiger partial charge is 0.362 e. The fraction of sp³-hybridized carbons (Fsp3) is 0.500. The van der Waals surface area contributed by atoms with Crippen LogP contribution in [0.15, 0.2) is 18.2 Å². The molecule has 20 heavy (non-hydrogen) atoms. The Morgan fingerprint density at radius 1 is 1.40 bits per heavy atom. The second-order valence-electron chi connectivity index (χ2n) is 4.24. The van der Waals surface area contributed by atoms with Crippen LogP contribution in [0.5, 0.6) is 0 Å². The monoisotopic (exact) mass is 310 g/mol. The lowest BCUT2D eigenvalue weighted by molar-refractivity contribution is -0.384. The predicted molar refractivity (Wildman–Crippen MR) is 71.2 cm³/mol. The van der Waals surface area contributed by atoms with Crippen molar-refractivity contribution in [3.05, 3.63) is 33.9 Å². The molecule has 8 heteroatoms. The van der Waals surface area contributed by atoms with E-state index in [1.165, 1.54) is 18.2 Å². The average molecular weight is 311 g/mol. The molecule has 0 amide bonds. The lowest BCUT2D eigenvalue weighted by atomic mass is 10.1. The van der Waals surface area contributed by atoms with Gasteiger partial charge in [-0.05, 0) is 18.1 Å². The molecule has 0 aliphatic carbocycles. The Hall–Kier alpha value is -1.50. The maximum absolute atomic E-state index is 12.6. The maximum atomic E-state index is 12.6. The summed E-state index contributed by atoms with van der Waals surface area (Å²) in [5.74, 6) is -0.0882. The van der Waals surface area contributed by atoms with Crippen molar-refractivity contribution in [2.75, 3.05) is 18.0 Å². The molecule has 1 aromatic rings. The summed E-state index contributed by atoms with van der Waals surface area (Å²) in [5, 5.41) is 10.7. The molecule has 1 aromatic carbocycles. The van der Waals surface area contributed by atoms with Crippen LogP contribution in [0, 0.1) is 10.1 Å². The van der Waals surface area contributed by atoms with Crippen molar-refractivity contribution in [3.8, 4) is 0 Å². The highest BCUT2D eigenvalue weighted by molar-refractivity contribution is 6.17. The zero-order chi connectivity index (χ0) is 15.3. The van der Waals surface area contributed by atoms with E-state index in [0.717, 1.165) is 4.90 Å². The summed E-state index contributed by atoms with van der Waals surface area (Å²) < 4.78 is 37.7. The van der Waals surface area contributed by atoms with Gasteiger partial charge in [-0.1, -0.05) is 6.92 Å². The zero-order valence-electron chi connectivity index (χ0n) is 10.8. The minimum absolute atomic E-state index is 0.0882. The third-order valence-corrected chi connectivity index (χ3v) is 2.91. The number of nitrogens with zero attached hydrogens (tertiary/aromatic N) is 2. The van der Waals surface area contributed by atoms with Crippen LogP contribution in [0.1, 0.15) is 18.9 Å². The van der Waals surface area contributed by atoms with Crippen molar-refractivity contribution < 1.29 is 18.1 Å². The molecule has 0 aliphatic rings. The summed E-state index contributed by atoms with van der Waals surface area (Å²) in [6, 6.07) is 3.71. The summed E-state index contributed by atoms with van der Waals surface area (Å²) >= 11 is 5.69. The molecule has 0 aromatic heterocycles. The molecule has 0 unspecified atom stereocenters. The van der Waals surface area contributed by atoms with Gasteiger partial charge in [0.2, 0.25) is 0 Å². The van der Waals surface area contributed by atoms with E-state index in [4.69, 9.17) is 11.6 Å². The van der Waals surface area contributed by atoms with Crippen molar-refractivity contribution in [1.82, 2.24) is 0 Å². The van der Waals surface area contributed by atoms with Gasteiger partial charge in [-0.2, -0.15) is 13.2 Å². The number of alkyl halides is 4. The van der Waals surface area contributed by atoms with E-state index in [0.29, 0.717) is 12.0 Å². The van der Waals surface area contributed by atoms with E-state index in [9.17, 15) is 23.3 Å². The van der Waals surface area contributed by atoms with Gasteiger partial charge >= 0.3 is 6.18 Å². The number of hydrogen-bond acceptors (Lipinski definition) is 3. The second kappa shape index (κ2) is 6.78. The van der Waals surface area contributed by atoms with Crippen molar-refractivity contribution in [2.24, 2.45) is 0 Å². The van der Waals surface area contributed by atoms with E-state index >= 15 is 0 Å². The summed E-state index contributed by atoms with van der Waals surface area (Å²) in [5.41, 5.74) is 0.413. The third kappa shape index (κ3) is 4.56. The van der Waals surface area contributed by atoms with Crippen LogP contribution in [-0.2, 0) is 5.88 Å². The van der Waals surface area contributed by atoms with Gasteiger partial charge < -0.3 is 4.90 Å². The molecule has 0 saturated carbocycles. The Morgan fingerprint density at radius 2 is 2.05 bits per heavy atom. The van der Waals surface area contributed by atoms with Crippen LogP contribution in [0.2, 0.25) is 0 Å². The molecule has 0 fully saturated rings. The minimum atomic E-state index is -4.35. The summed E-state index contributed by atoms with van der Waals surface area (Å²) in [6.07, 6.45) is -3.82. The Kier molecular flexibility index (Phi) is 5.62. The van der Waals surface area contributed by atoms with Crippen LogP contribution < -0.4 is 4.90 Å². The summed E-state index contributed by atoms with van der Waals surface area (Å²) in [4.78, 5) is 11.2. The fourth-order valence-corrected chi connectivity index (χ4v) is 2.09. The quantitative estimate of drug-likeness (QED) is 0.451. The van der Waals surface area contributed by atoms with E-state index < -0.39 is 17.6 Å². The zero-order valence-corrected chi connectivity index (χ0v) is 11.5. The van der Waals surface area contributed by atoms with E-state index in [1.807, 2.05) is 0 Å². The van der Waals surface area contributed by atoms with Gasteiger partial charge in [0.15, 0.2) is 0 Å². The van der Waals surface area contributed by atoms with Gasteiger partial charge in [-0.15, -0.1) is 11.6 Å². The maximum Gasteiger partial charge on any atom is 0.405 e. The Labute approximate surface area is 119 Å². The first-order valence-corrected chi connectivity index (χ1v) is 6.47. The molecule has 0 N–H and O–H groups in total. The third-order valence-electron chi connectivity index (χ3n) is 2.62.